The van der Waals surface area contributed by atoms with Gasteiger partial charge < -0.3 is 5.32 Å². The van der Waals surface area contributed by atoms with Crippen molar-refractivity contribution >= 4 is 24.0 Å². The van der Waals surface area contributed by atoms with Gasteiger partial charge in [-0.25, -0.2) is 0 Å². The molecule has 1 saturated heterocycles. The third-order valence-electron chi connectivity index (χ3n) is 3.92. The molecule has 0 spiro atoms. The number of hydrogen-bond donors (Lipinski definition) is 1. The minimum absolute atomic E-state index is 0. The van der Waals surface area contributed by atoms with E-state index in [2.05, 4.69) is 29.3 Å². The van der Waals surface area contributed by atoms with Gasteiger partial charge in [0.2, 0.25) is 0 Å². The summed E-state index contributed by atoms with van der Waals surface area (Å²) in [6.07, 6.45) is 2.65. The van der Waals surface area contributed by atoms with Crippen LogP contribution in [0.2, 0.25) is 5.02 Å². The van der Waals surface area contributed by atoms with Crippen LogP contribution in [0.1, 0.15) is 31.4 Å². The molecule has 1 aromatic rings. The summed E-state index contributed by atoms with van der Waals surface area (Å²) in [6.45, 7) is 5.80. The minimum atomic E-state index is 0. The first-order chi connectivity index (χ1) is 8.70. The largest absolute Gasteiger partial charge is 0.319 e. The summed E-state index contributed by atoms with van der Waals surface area (Å²) >= 11 is 6.08. The van der Waals surface area contributed by atoms with E-state index < -0.39 is 0 Å². The van der Waals surface area contributed by atoms with Crippen LogP contribution in [-0.4, -0.2) is 31.6 Å². The quantitative estimate of drug-likeness (QED) is 0.911. The molecule has 2 unspecified atom stereocenters. The summed E-state index contributed by atoms with van der Waals surface area (Å²) < 4.78 is 0. The third-order valence-corrected chi connectivity index (χ3v) is 4.16. The zero-order valence-electron chi connectivity index (χ0n) is 11.7. The molecular formula is C15H24Cl2N2. The van der Waals surface area contributed by atoms with E-state index >= 15 is 0 Å². The van der Waals surface area contributed by atoms with Gasteiger partial charge in [0.05, 0.1) is 0 Å². The number of halogens is 2. The Bertz CT molecular complexity index is 382. The molecule has 0 aromatic heterocycles. The van der Waals surface area contributed by atoms with E-state index in [1.807, 2.05) is 19.2 Å². The van der Waals surface area contributed by atoms with Gasteiger partial charge in [0, 0.05) is 17.6 Å². The molecule has 1 N–H and O–H groups in total. The van der Waals surface area contributed by atoms with Crippen molar-refractivity contribution in [1.29, 1.82) is 0 Å². The number of likely N-dealkylation sites (tertiary alicyclic amines) is 1. The number of nitrogens with one attached hydrogen (secondary N) is 1. The SMILES string of the molecule is CNCC1CCCN(C(C)c2cccc(Cl)c2)C1.Cl. The van der Waals surface area contributed by atoms with Crippen molar-refractivity contribution in [2.45, 2.75) is 25.8 Å². The molecule has 108 valence electrons. The second-order valence-corrected chi connectivity index (χ2v) is 5.73. The molecule has 2 rings (SSSR count). The van der Waals surface area contributed by atoms with Gasteiger partial charge in [-0.15, -0.1) is 12.4 Å². The van der Waals surface area contributed by atoms with Gasteiger partial charge in [-0.2, -0.15) is 0 Å². The van der Waals surface area contributed by atoms with Crippen LogP contribution in [0.3, 0.4) is 0 Å². The Labute approximate surface area is 127 Å². The highest BCUT2D eigenvalue weighted by Gasteiger charge is 2.23. The lowest BCUT2D eigenvalue weighted by Gasteiger charge is -2.37. The van der Waals surface area contributed by atoms with E-state index in [0.29, 0.717) is 6.04 Å². The number of rotatable bonds is 4. The molecule has 19 heavy (non-hydrogen) atoms. The third kappa shape index (κ3) is 4.64. The molecular weight excluding hydrogens is 279 g/mol. The Hall–Kier alpha value is -0.280. The summed E-state index contributed by atoms with van der Waals surface area (Å²) in [7, 11) is 2.04. The van der Waals surface area contributed by atoms with Crippen LogP contribution in [0.15, 0.2) is 24.3 Å². The molecule has 0 bridgehead atoms. The lowest BCUT2D eigenvalue weighted by molar-refractivity contribution is 0.131. The maximum Gasteiger partial charge on any atom is 0.0409 e. The number of benzene rings is 1. The van der Waals surface area contributed by atoms with Crippen LogP contribution in [0.4, 0.5) is 0 Å². The monoisotopic (exact) mass is 302 g/mol. The highest BCUT2D eigenvalue weighted by atomic mass is 35.5. The molecule has 1 aromatic carbocycles. The summed E-state index contributed by atoms with van der Waals surface area (Å²) in [4.78, 5) is 2.58. The molecule has 0 amide bonds. The number of nitrogens with zero attached hydrogens (tertiary/aromatic N) is 1. The maximum absolute atomic E-state index is 6.08. The van der Waals surface area contributed by atoms with Gasteiger partial charge >= 0.3 is 0 Å². The Kier molecular flexibility index (Phi) is 7.16. The first-order valence-electron chi connectivity index (χ1n) is 6.85. The first kappa shape index (κ1) is 16.8. The van der Waals surface area contributed by atoms with E-state index in [9.17, 15) is 0 Å². The topological polar surface area (TPSA) is 15.3 Å². The second-order valence-electron chi connectivity index (χ2n) is 5.29. The summed E-state index contributed by atoms with van der Waals surface area (Å²) in [5.74, 6) is 0.783. The van der Waals surface area contributed by atoms with Crippen molar-refractivity contribution in [2.75, 3.05) is 26.7 Å². The summed E-state index contributed by atoms with van der Waals surface area (Å²) in [5.41, 5.74) is 1.33. The molecule has 1 aliphatic heterocycles. The van der Waals surface area contributed by atoms with Crippen molar-refractivity contribution in [3.05, 3.63) is 34.9 Å². The predicted molar refractivity (Wildman–Crippen MR) is 85.3 cm³/mol. The Morgan fingerprint density at radius 1 is 1.47 bits per heavy atom. The zero-order chi connectivity index (χ0) is 13.0. The average Bonchev–Trinajstić information content (AvgIpc) is 2.39. The van der Waals surface area contributed by atoms with Crippen LogP contribution in [0, 0.1) is 5.92 Å². The highest BCUT2D eigenvalue weighted by molar-refractivity contribution is 6.30. The van der Waals surface area contributed by atoms with E-state index in [1.165, 1.54) is 31.5 Å². The smallest absolute Gasteiger partial charge is 0.0409 e. The average molecular weight is 303 g/mol. The maximum atomic E-state index is 6.08. The van der Waals surface area contributed by atoms with Crippen molar-refractivity contribution < 1.29 is 0 Å². The van der Waals surface area contributed by atoms with Crippen LogP contribution in [-0.2, 0) is 0 Å². The fraction of sp³-hybridized carbons (Fsp3) is 0.600. The van der Waals surface area contributed by atoms with E-state index in [-0.39, 0.29) is 12.4 Å². The Morgan fingerprint density at radius 2 is 2.26 bits per heavy atom. The molecule has 4 heteroatoms. The molecule has 1 aliphatic rings. The van der Waals surface area contributed by atoms with Crippen molar-refractivity contribution in [1.82, 2.24) is 10.2 Å². The Balaban J connectivity index is 0.00000180. The second kappa shape index (κ2) is 8.11. The molecule has 0 radical (unpaired) electrons. The molecule has 1 heterocycles. The van der Waals surface area contributed by atoms with E-state index in [1.54, 1.807) is 0 Å². The molecule has 0 aliphatic carbocycles. The van der Waals surface area contributed by atoms with Crippen LogP contribution < -0.4 is 5.32 Å². The lowest BCUT2D eigenvalue weighted by Crippen LogP contribution is -2.40. The normalized spacial score (nSPS) is 21.7. The lowest BCUT2D eigenvalue weighted by atomic mass is 9.95. The van der Waals surface area contributed by atoms with E-state index in [4.69, 9.17) is 11.6 Å². The van der Waals surface area contributed by atoms with Gasteiger partial charge in [-0.05, 0) is 63.5 Å². The van der Waals surface area contributed by atoms with Gasteiger partial charge in [0.1, 0.15) is 0 Å². The number of piperidine rings is 1. The zero-order valence-corrected chi connectivity index (χ0v) is 13.3. The molecule has 2 nitrogen and oxygen atoms in total. The fourth-order valence-corrected chi connectivity index (χ4v) is 3.08. The first-order valence-corrected chi connectivity index (χ1v) is 7.22. The van der Waals surface area contributed by atoms with Crippen molar-refractivity contribution in [3.63, 3.8) is 0 Å². The van der Waals surface area contributed by atoms with Crippen LogP contribution >= 0.6 is 24.0 Å². The van der Waals surface area contributed by atoms with E-state index in [0.717, 1.165) is 17.5 Å². The minimum Gasteiger partial charge on any atom is -0.319 e. The van der Waals surface area contributed by atoms with Crippen molar-refractivity contribution in [2.24, 2.45) is 5.92 Å². The van der Waals surface area contributed by atoms with Crippen molar-refractivity contribution in [3.8, 4) is 0 Å². The highest BCUT2D eigenvalue weighted by Crippen LogP contribution is 2.27. The van der Waals surface area contributed by atoms with Crippen LogP contribution in [0.25, 0.3) is 0 Å². The Morgan fingerprint density at radius 3 is 2.95 bits per heavy atom. The standard InChI is InChI=1S/C15H23ClN2.ClH/c1-12(14-6-3-7-15(16)9-14)18-8-4-5-13(11-18)10-17-2;/h3,6-7,9,12-13,17H,4-5,8,10-11H2,1-2H3;1H. The fourth-order valence-electron chi connectivity index (χ4n) is 2.88. The van der Waals surface area contributed by atoms with Gasteiger partial charge in [-0.1, -0.05) is 23.7 Å². The number of hydrogen-bond acceptors (Lipinski definition) is 2. The molecule has 2 atom stereocenters. The van der Waals surface area contributed by atoms with Gasteiger partial charge in [-0.3, -0.25) is 4.90 Å². The summed E-state index contributed by atoms with van der Waals surface area (Å²) in [6, 6.07) is 8.72. The predicted octanol–water partition coefficient (Wildman–Crippen LogP) is 3.75. The summed E-state index contributed by atoms with van der Waals surface area (Å²) in [5, 5.41) is 4.13. The van der Waals surface area contributed by atoms with Gasteiger partial charge in [0.15, 0.2) is 0 Å². The molecule has 0 saturated carbocycles. The molecule has 1 fully saturated rings. The van der Waals surface area contributed by atoms with Gasteiger partial charge in [0.25, 0.3) is 0 Å². The van der Waals surface area contributed by atoms with Crippen LogP contribution in [0.5, 0.6) is 0 Å².